The molecule has 164 valence electrons. The van der Waals surface area contributed by atoms with Crippen molar-refractivity contribution < 1.29 is 4.79 Å². The van der Waals surface area contributed by atoms with Crippen LogP contribution in [0.2, 0.25) is 0 Å². The van der Waals surface area contributed by atoms with E-state index in [4.69, 9.17) is 9.97 Å². The molecule has 1 aliphatic rings. The van der Waals surface area contributed by atoms with Gasteiger partial charge >= 0.3 is 0 Å². The zero-order chi connectivity index (χ0) is 22.5. The smallest absolute Gasteiger partial charge is 0.272 e. The number of hydrogen-bond acceptors (Lipinski definition) is 6. The van der Waals surface area contributed by atoms with E-state index in [1.165, 1.54) is 0 Å². The molecule has 1 N–H and O–H groups in total. The second kappa shape index (κ2) is 9.56. The average Bonchev–Trinajstić information content (AvgIpc) is 2.90. The third kappa shape index (κ3) is 4.87. The fourth-order valence-electron chi connectivity index (χ4n) is 4.07. The van der Waals surface area contributed by atoms with E-state index in [2.05, 4.69) is 15.3 Å². The van der Waals surface area contributed by atoms with Crippen LogP contribution in [0.5, 0.6) is 0 Å². The Bertz CT molecular complexity index is 1220. The number of hydrogen-bond donors (Lipinski definition) is 1. The summed E-state index contributed by atoms with van der Waals surface area (Å²) in [6, 6.07) is 21.2. The van der Waals surface area contributed by atoms with Gasteiger partial charge in [-0.25, -0.2) is 9.97 Å². The average molecular weight is 437 g/mol. The largest absolute Gasteiger partial charge is 0.340 e. The van der Waals surface area contributed by atoms with E-state index in [1.54, 1.807) is 24.7 Å². The number of para-hydroxylation sites is 1. The number of carbonyl (C=O) groups excluding carboxylic acids is 1. The standard InChI is InChI=1S/C26H24N6O/c33-26(22-12-4-5-14-28-22)32-15-7-9-20(18-32)25-30-23(19-8-6-13-27-17-19)16-24(31-25)29-21-10-2-1-3-11-21/h1-6,8,10-14,16-17,20H,7,9,15,18H2,(H,29,30,31)/t20-/m0/s1. The SMILES string of the molecule is O=C(c1ccccn1)N1CCC[C@H](c2nc(Nc3ccccc3)cc(-c3cccnc3)n2)C1. The number of nitrogens with zero attached hydrogens (tertiary/aromatic N) is 5. The number of rotatable bonds is 5. The highest BCUT2D eigenvalue weighted by molar-refractivity contribution is 5.92. The number of pyridine rings is 2. The zero-order valence-electron chi connectivity index (χ0n) is 18.1. The minimum atomic E-state index is -0.0497. The topological polar surface area (TPSA) is 83.9 Å². The first-order valence-corrected chi connectivity index (χ1v) is 11.1. The lowest BCUT2D eigenvalue weighted by molar-refractivity contribution is 0.0698. The molecule has 3 aromatic heterocycles. The molecule has 0 radical (unpaired) electrons. The van der Waals surface area contributed by atoms with Gasteiger partial charge < -0.3 is 10.2 Å². The van der Waals surface area contributed by atoms with Crippen LogP contribution in [0.3, 0.4) is 0 Å². The molecule has 4 heterocycles. The summed E-state index contributed by atoms with van der Waals surface area (Å²) in [5, 5.41) is 3.39. The molecular weight excluding hydrogens is 412 g/mol. The van der Waals surface area contributed by atoms with E-state index in [0.717, 1.165) is 41.4 Å². The van der Waals surface area contributed by atoms with Crippen LogP contribution in [0, 0.1) is 0 Å². The lowest BCUT2D eigenvalue weighted by Crippen LogP contribution is -2.39. The number of benzene rings is 1. The fourth-order valence-corrected chi connectivity index (χ4v) is 4.07. The molecule has 7 nitrogen and oxygen atoms in total. The minimum Gasteiger partial charge on any atom is -0.340 e. The normalized spacial score (nSPS) is 15.8. The molecule has 7 heteroatoms. The van der Waals surface area contributed by atoms with Gasteiger partial charge in [0.25, 0.3) is 5.91 Å². The highest BCUT2D eigenvalue weighted by atomic mass is 16.2. The van der Waals surface area contributed by atoms with E-state index >= 15 is 0 Å². The lowest BCUT2D eigenvalue weighted by atomic mass is 9.96. The van der Waals surface area contributed by atoms with Gasteiger partial charge in [-0.3, -0.25) is 14.8 Å². The van der Waals surface area contributed by atoms with Gasteiger partial charge in [0.1, 0.15) is 17.3 Å². The van der Waals surface area contributed by atoms with E-state index < -0.39 is 0 Å². The first-order valence-electron chi connectivity index (χ1n) is 11.1. The number of piperidine rings is 1. The van der Waals surface area contributed by atoms with Gasteiger partial charge in [0.2, 0.25) is 0 Å². The molecule has 4 aromatic rings. The molecule has 0 unspecified atom stereocenters. The molecule has 1 aromatic carbocycles. The molecule has 1 saturated heterocycles. The van der Waals surface area contributed by atoms with Crippen molar-refractivity contribution in [2.24, 2.45) is 0 Å². The van der Waals surface area contributed by atoms with Crippen LogP contribution in [0.15, 0.2) is 85.3 Å². The summed E-state index contributed by atoms with van der Waals surface area (Å²) in [7, 11) is 0. The summed E-state index contributed by atoms with van der Waals surface area (Å²) in [6.45, 7) is 1.28. The molecule has 0 saturated carbocycles. The Morgan fingerprint density at radius 3 is 2.64 bits per heavy atom. The fraction of sp³-hybridized carbons (Fsp3) is 0.192. The maximum absolute atomic E-state index is 13.0. The number of aromatic nitrogens is 4. The van der Waals surface area contributed by atoms with E-state index in [1.807, 2.05) is 65.6 Å². The molecule has 1 amide bonds. The lowest BCUT2D eigenvalue weighted by Gasteiger charge is -2.32. The Kier molecular flexibility index (Phi) is 6.01. The summed E-state index contributed by atoms with van der Waals surface area (Å²) in [6.07, 6.45) is 7.02. The van der Waals surface area contributed by atoms with Gasteiger partial charge in [-0.2, -0.15) is 0 Å². The Balaban J connectivity index is 1.46. The summed E-state index contributed by atoms with van der Waals surface area (Å²) in [5.74, 6) is 1.44. The van der Waals surface area contributed by atoms with Crippen molar-refractivity contribution >= 4 is 17.4 Å². The summed E-state index contributed by atoms with van der Waals surface area (Å²) < 4.78 is 0. The molecule has 33 heavy (non-hydrogen) atoms. The van der Waals surface area contributed by atoms with Crippen LogP contribution < -0.4 is 5.32 Å². The molecule has 1 aliphatic heterocycles. The number of amides is 1. The van der Waals surface area contributed by atoms with Crippen molar-refractivity contribution in [3.8, 4) is 11.3 Å². The van der Waals surface area contributed by atoms with Crippen molar-refractivity contribution in [2.45, 2.75) is 18.8 Å². The van der Waals surface area contributed by atoms with Crippen LogP contribution in [0.1, 0.15) is 35.1 Å². The predicted molar refractivity (Wildman–Crippen MR) is 127 cm³/mol. The van der Waals surface area contributed by atoms with Crippen LogP contribution in [0.25, 0.3) is 11.3 Å². The first-order chi connectivity index (χ1) is 16.3. The second-order valence-corrected chi connectivity index (χ2v) is 8.03. The monoisotopic (exact) mass is 436 g/mol. The molecule has 5 rings (SSSR count). The number of carbonyl (C=O) groups is 1. The predicted octanol–water partition coefficient (Wildman–Crippen LogP) is 4.70. The Labute approximate surface area is 192 Å². The van der Waals surface area contributed by atoms with Crippen LogP contribution in [0.4, 0.5) is 11.5 Å². The Morgan fingerprint density at radius 1 is 0.970 bits per heavy atom. The molecule has 1 fully saturated rings. The second-order valence-electron chi connectivity index (χ2n) is 8.03. The maximum atomic E-state index is 13.0. The van der Waals surface area contributed by atoms with Crippen molar-refractivity contribution in [1.82, 2.24) is 24.8 Å². The van der Waals surface area contributed by atoms with Gasteiger partial charge in [-0.05, 0) is 49.2 Å². The summed E-state index contributed by atoms with van der Waals surface area (Å²) in [5.41, 5.74) is 3.15. The van der Waals surface area contributed by atoms with Gasteiger partial charge in [0.15, 0.2) is 0 Å². The summed E-state index contributed by atoms with van der Waals surface area (Å²) in [4.78, 5) is 33.0. The van der Waals surface area contributed by atoms with Gasteiger partial charge in [0, 0.05) is 54.9 Å². The summed E-state index contributed by atoms with van der Waals surface area (Å²) >= 11 is 0. The van der Waals surface area contributed by atoms with Crippen molar-refractivity contribution in [3.05, 3.63) is 96.8 Å². The molecule has 1 atom stereocenters. The van der Waals surface area contributed by atoms with Crippen molar-refractivity contribution in [2.75, 3.05) is 18.4 Å². The van der Waals surface area contributed by atoms with Crippen LogP contribution >= 0.6 is 0 Å². The maximum Gasteiger partial charge on any atom is 0.272 e. The molecule has 0 aliphatic carbocycles. The van der Waals surface area contributed by atoms with E-state index in [0.29, 0.717) is 18.8 Å². The highest BCUT2D eigenvalue weighted by Gasteiger charge is 2.28. The van der Waals surface area contributed by atoms with E-state index in [-0.39, 0.29) is 11.8 Å². The number of nitrogens with one attached hydrogen (secondary N) is 1. The van der Waals surface area contributed by atoms with E-state index in [9.17, 15) is 4.79 Å². The third-order valence-electron chi connectivity index (χ3n) is 5.70. The quantitative estimate of drug-likeness (QED) is 0.488. The Hall–Kier alpha value is -4.13. The molecule has 0 bridgehead atoms. The van der Waals surface area contributed by atoms with Crippen molar-refractivity contribution in [1.29, 1.82) is 0 Å². The zero-order valence-corrected chi connectivity index (χ0v) is 18.1. The third-order valence-corrected chi connectivity index (χ3v) is 5.70. The van der Waals surface area contributed by atoms with Crippen molar-refractivity contribution in [3.63, 3.8) is 0 Å². The Morgan fingerprint density at radius 2 is 1.85 bits per heavy atom. The number of likely N-dealkylation sites (tertiary alicyclic amines) is 1. The highest BCUT2D eigenvalue weighted by Crippen LogP contribution is 2.29. The number of anilines is 2. The van der Waals surface area contributed by atoms with Gasteiger partial charge in [-0.15, -0.1) is 0 Å². The molecular formula is C26H24N6O. The van der Waals surface area contributed by atoms with Crippen LogP contribution in [-0.4, -0.2) is 43.8 Å². The van der Waals surface area contributed by atoms with Crippen LogP contribution in [-0.2, 0) is 0 Å². The molecule has 0 spiro atoms. The first kappa shape index (κ1) is 20.8. The minimum absolute atomic E-state index is 0.0411. The van der Waals surface area contributed by atoms with Gasteiger partial charge in [-0.1, -0.05) is 24.3 Å². The van der Waals surface area contributed by atoms with Gasteiger partial charge in [0.05, 0.1) is 5.69 Å².